The van der Waals surface area contributed by atoms with Gasteiger partial charge in [-0.25, -0.2) is 0 Å². The summed E-state index contributed by atoms with van der Waals surface area (Å²) in [6.07, 6.45) is -0.324. The van der Waals surface area contributed by atoms with E-state index in [2.05, 4.69) is 4.74 Å². The van der Waals surface area contributed by atoms with Crippen molar-refractivity contribution in [2.75, 3.05) is 13.7 Å². The zero-order valence-corrected chi connectivity index (χ0v) is 5.27. The molecule has 0 saturated heterocycles. The summed E-state index contributed by atoms with van der Waals surface area (Å²) in [7, 11) is 1.56. The molecule has 0 spiro atoms. The lowest BCUT2D eigenvalue weighted by Gasteiger charge is -1.97. The van der Waals surface area contributed by atoms with Crippen LogP contribution in [0.25, 0.3) is 0 Å². The molecule has 0 aromatic rings. The molecule has 2 nitrogen and oxygen atoms in total. The van der Waals surface area contributed by atoms with Crippen LogP contribution in [0.1, 0.15) is 6.92 Å². The van der Waals surface area contributed by atoms with Crippen LogP contribution in [0.3, 0.4) is 0 Å². The van der Waals surface area contributed by atoms with Crippen molar-refractivity contribution < 1.29 is 22.3 Å². The number of hydrogen-bond donors (Lipinski definition) is 1. The number of rotatable bonds is 2. The van der Waals surface area contributed by atoms with Gasteiger partial charge in [-0.3, -0.25) is 0 Å². The second-order valence-corrected chi connectivity index (χ2v) is 1.30. The molecule has 0 aliphatic carbocycles. The maximum atomic E-state index is 8.43. The quantitative estimate of drug-likeness (QED) is 0.427. The minimum absolute atomic E-state index is 0. The van der Waals surface area contributed by atoms with Crippen molar-refractivity contribution in [3.8, 4) is 0 Å². The largest absolute Gasteiger partial charge is 1.00 e. The minimum atomic E-state index is -0.324. The van der Waals surface area contributed by atoms with Gasteiger partial charge in [0.25, 0.3) is 0 Å². The van der Waals surface area contributed by atoms with E-state index >= 15 is 0 Å². The Morgan fingerprint density at radius 3 is 2.14 bits per heavy atom. The first-order valence-electron chi connectivity index (χ1n) is 1.94. The monoisotopic (exact) mass is 125 g/mol. The van der Waals surface area contributed by atoms with Gasteiger partial charge in [0, 0.05) is 7.11 Å². The Bertz CT molecular complexity index is 30.9. The van der Waals surface area contributed by atoms with Gasteiger partial charge in [0.1, 0.15) is 0 Å². The minimum Gasteiger partial charge on any atom is -1.00 e. The number of hydrogen-bond acceptors (Lipinski definition) is 2. The second-order valence-electron chi connectivity index (χ2n) is 1.30. The van der Waals surface area contributed by atoms with E-state index in [1.807, 2.05) is 0 Å². The molecule has 1 unspecified atom stereocenters. The second kappa shape index (κ2) is 6.21. The first-order valence-corrected chi connectivity index (χ1v) is 1.94. The topological polar surface area (TPSA) is 29.5 Å². The molecule has 0 heterocycles. The summed E-state index contributed by atoms with van der Waals surface area (Å²) in [6, 6.07) is 0. The lowest BCUT2D eigenvalue weighted by Crippen LogP contribution is -3.00. The van der Waals surface area contributed by atoms with Crippen LogP contribution in [-0.2, 0) is 4.74 Å². The van der Waals surface area contributed by atoms with Gasteiger partial charge in [0.05, 0.1) is 12.7 Å². The van der Waals surface area contributed by atoms with Crippen molar-refractivity contribution in [2.24, 2.45) is 0 Å². The first kappa shape index (κ1) is 10.2. The summed E-state index contributed by atoms with van der Waals surface area (Å²) in [4.78, 5) is 0. The Morgan fingerprint density at radius 2 is 2.14 bits per heavy atom. The van der Waals surface area contributed by atoms with Crippen molar-refractivity contribution in [3.05, 3.63) is 0 Å². The summed E-state index contributed by atoms with van der Waals surface area (Å²) in [5.41, 5.74) is 0. The molecule has 0 bridgehead atoms. The van der Waals surface area contributed by atoms with E-state index < -0.39 is 0 Å². The molecule has 46 valence electrons. The van der Waals surface area contributed by atoms with E-state index in [-0.39, 0.29) is 18.5 Å². The molecule has 0 radical (unpaired) electrons. The van der Waals surface area contributed by atoms with Crippen molar-refractivity contribution in [1.29, 1.82) is 0 Å². The lowest BCUT2D eigenvalue weighted by molar-refractivity contribution is -0.00000379. The van der Waals surface area contributed by atoms with Gasteiger partial charge in [0.2, 0.25) is 0 Å². The highest BCUT2D eigenvalue weighted by atomic mass is 35.5. The van der Waals surface area contributed by atoms with Gasteiger partial charge in [-0.1, -0.05) is 0 Å². The third-order valence-electron chi connectivity index (χ3n) is 0.408. The molecule has 0 amide bonds. The molecule has 7 heavy (non-hydrogen) atoms. The fraction of sp³-hybridized carbons (Fsp3) is 1.00. The average molecular weight is 126 g/mol. The molecule has 1 N–H and O–H groups in total. The highest BCUT2D eigenvalue weighted by Crippen LogP contribution is 1.75. The van der Waals surface area contributed by atoms with Crippen LogP contribution in [0.5, 0.6) is 0 Å². The smallest absolute Gasteiger partial charge is 0.0745 e. The summed E-state index contributed by atoms with van der Waals surface area (Å²) < 4.78 is 4.55. The molecule has 0 aliphatic rings. The van der Waals surface area contributed by atoms with Crippen molar-refractivity contribution >= 4 is 0 Å². The average Bonchev–Trinajstić information content (AvgIpc) is 1.35. The van der Waals surface area contributed by atoms with Crippen molar-refractivity contribution in [2.45, 2.75) is 13.0 Å². The highest BCUT2D eigenvalue weighted by molar-refractivity contribution is 4.36. The predicted molar refractivity (Wildman–Crippen MR) is 23.6 cm³/mol. The van der Waals surface area contributed by atoms with Gasteiger partial charge in [0.15, 0.2) is 0 Å². The zero-order valence-electron chi connectivity index (χ0n) is 4.52. The molecule has 0 rings (SSSR count). The molecule has 3 heteroatoms. The standard InChI is InChI=1S/C4H10O2.ClH/c1-4(5)3-6-2;/h4-5H,3H2,1-2H3;1H/p-1. The van der Waals surface area contributed by atoms with Crippen LogP contribution in [-0.4, -0.2) is 24.9 Å². The summed E-state index contributed by atoms with van der Waals surface area (Å²) in [5.74, 6) is 0. The van der Waals surface area contributed by atoms with Crippen molar-refractivity contribution in [1.82, 2.24) is 0 Å². The Balaban J connectivity index is 0. The summed E-state index contributed by atoms with van der Waals surface area (Å²) >= 11 is 0. The van der Waals surface area contributed by atoms with Crippen LogP contribution in [0.15, 0.2) is 0 Å². The Morgan fingerprint density at radius 1 is 1.71 bits per heavy atom. The molecule has 0 fully saturated rings. The van der Waals surface area contributed by atoms with E-state index in [1.165, 1.54) is 0 Å². The number of methoxy groups -OCH3 is 1. The van der Waals surface area contributed by atoms with E-state index in [1.54, 1.807) is 14.0 Å². The summed E-state index contributed by atoms with van der Waals surface area (Å²) in [5, 5.41) is 8.43. The van der Waals surface area contributed by atoms with Crippen LogP contribution >= 0.6 is 0 Å². The number of halogens is 1. The third kappa shape index (κ3) is 10.7. The summed E-state index contributed by atoms with van der Waals surface area (Å²) in [6.45, 7) is 2.11. The number of aliphatic hydroxyl groups is 1. The normalized spacial score (nSPS) is 12.4. The lowest BCUT2D eigenvalue weighted by atomic mass is 10.5. The van der Waals surface area contributed by atoms with Crippen LogP contribution in [0.4, 0.5) is 0 Å². The maximum absolute atomic E-state index is 8.43. The molecule has 0 aliphatic heterocycles. The molecular weight excluding hydrogens is 115 g/mol. The van der Waals surface area contributed by atoms with Gasteiger partial charge < -0.3 is 22.3 Å². The Kier molecular flexibility index (Phi) is 9.09. The predicted octanol–water partition coefficient (Wildman–Crippen LogP) is -2.98. The van der Waals surface area contributed by atoms with E-state index in [4.69, 9.17) is 5.11 Å². The highest BCUT2D eigenvalue weighted by Gasteiger charge is 1.87. The van der Waals surface area contributed by atoms with E-state index in [0.29, 0.717) is 6.61 Å². The van der Waals surface area contributed by atoms with Gasteiger partial charge in [-0.2, -0.15) is 0 Å². The maximum Gasteiger partial charge on any atom is 0.0745 e. The molecule has 1 atom stereocenters. The first-order chi connectivity index (χ1) is 2.77. The molecular formula is C4H10ClO2-. The number of aliphatic hydroxyl groups excluding tert-OH is 1. The van der Waals surface area contributed by atoms with Crippen LogP contribution < -0.4 is 12.4 Å². The van der Waals surface area contributed by atoms with Gasteiger partial charge in [-0.05, 0) is 6.92 Å². The fourth-order valence-corrected chi connectivity index (χ4v) is 0.241. The Labute approximate surface area is 49.9 Å². The van der Waals surface area contributed by atoms with Crippen molar-refractivity contribution in [3.63, 3.8) is 0 Å². The SMILES string of the molecule is COCC(C)O.[Cl-]. The fourth-order valence-electron chi connectivity index (χ4n) is 0.241. The van der Waals surface area contributed by atoms with E-state index in [0.717, 1.165) is 0 Å². The number of ether oxygens (including phenoxy) is 1. The molecule has 0 aromatic heterocycles. The Hall–Kier alpha value is 0.210. The third-order valence-corrected chi connectivity index (χ3v) is 0.408. The van der Waals surface area contributed by atoms with Crippen LogP contribution in [0.2, 0.25) is 0 Å². The van der Waals surface area contributed by atoms with E-state index in [9.17, 15) is 0 Å². The molecule has 0 aromatic carbocycles. The van der Waals surface area contributed by atoms with Gasteiger partial charge >= 0.3 is 0 Å². The zero-order chi connectivity index (χ0) is 4.99. The molecule has 0 saturated carbocycles. The van der Waals surface area contributed by atoms with Crippen LogP contribution in [0, 0.1) is 0 Å². The van der Waals surface area contributed by atoms with Gasteiger partial charge in [-0.15, -0.1) is 0 Å².